The number of likely N-dealkylation sites (N-methyl/N-ethyl adjacent to an activating group) is 1. The number of aromatic nitrogens is 1. The first-order chi connectivity index (χ1) is 8.96. The highest BCUT2D eigenvalue weighted by Crippen LogP contribution is 2.26. The van der Waals surface area contributed by atoms with Crippen molar-refractivity contribution in [2.75, 3.05) is 39.5 Å². The number of sulfonamides is 1. The Bertz CT molecular complexity index is 544. The van der Waals surface area contributed by atoms with Crippen LogP contribution in [0.3, 0.4) is 0 Å². The molecule has 1 N–H and O–H groups in total. The van der Waals surface area contributed by atoms with E-state index >= 15 is 0 Å². The fourth-order valence-electron chi connectivity index (χ4n) is 2.28. The predicted octanol–water partition coefficient (Wildman–Crippen LogP) is 0.448. The number of anilines is 1. The van der Waals surface area contributed by atoms with E-state index in [1.54, 1.807) is 25.4 Å². The van der Waals surface area contributed by atoms with Crippen molar-refractivity contribution in [1.29, 1.82) is 0 Å². The summed E-state index contributed by atoms with van der Waals surface area (Å²) >= 11 is 0. The quantitative estimate of drug-likeness (QED) is 0.869. The molecule has 1 fully saturated rings. The second-order valence-corrected chi connectivity index (χ2v) is 6.78. The van der Waals surface area contributed by atoms with Gasteiger partial charge in [0, 0.05) is 32.4 Å². The fraction of sp³-hybridized carbons (Fsp3) is 0.583. The molecule has 106 valence electrons. The molecular formula is C12H20N4O2S. The first-order valence-corrected chi connectivity index (χ1v) is 7.70. The smallest absolute Gasteiger partial charge is 0.246 e. The second-order valence-electron chi connectivity index (χ2n) is 4.87. The molecule has 0 aromatic carbocycles. The van der Waals surface area contributed by atoms with E-state index in [1.807, 2.05) is 14.1 Å². The minimum absolute atomic E-state index is 0.247. The molecular weight excluding hydrogens is 264 g/mol. The minimum Gasteiger partial charge on any atom is -0.372 e. The van der Waals surface area contributed by atoms with Gasteiger partial charge in [-0.1, -0.05) is 0 Å². The maximum absolute atomic E-state index is 12.6. The van der Waals surface area contributed by atoms with Crippen molar-refractivity contribution in [3.05, 3.63) is 18.3 Å². The van der Waals surface area contributed by atoms with Crippen molar-refractivity contribution in [2.45, 2.75) is 17.4 Å². The van der Waals surface area contributed by atoms with Crippen LogP contribution in [0.15, 0.2) is 23.2 Å². The molecule has 1 aliphatic rings. The molecule has 1 aromatic rings. The molecule has 19 heavy (non-hydrogen) atoms. The zero-order chi connectivity index (χ0) is 14.0. The highest BCUT2D eigenvalue weighted by atomic mass is 32.2. The van der Waals surface area contributed by atoms with Crippen LogP contribution in [0.5, 0.6) is 0 Å². The van der Waals surface area contributed by atoms with Crippen LogP contribution >= 0.6 is 0 Å². The molecule has 6 nitrogen and oxygen atoms in total. The molecule has 1 aliphatic heterocycles. The van der Waals surface area contributed by atoms with Crippen molar-refractivity contribution in [3.8, 4) is 0 Å². The molecule has 1 saturated heterocycles. The number of hydrogen-bond acceptors (Lipinski definition) is 5. The van der Waals surface area contributed by atoms with Crippen LogP contribution in [0.1, 0.15) is 6.42 Å². The molecule has 0 saturated carbocycles. The maximum atomic E-state index is 12.6. The van der Waals surface area contributed by atoms with E-state index in [4.69, 9.17) is 0 Å². The van der Waals surface area contributed by atoms with Crippen molar-refractivity contribution < 1.29 is 8.42 Å². The van der Waals surface area contributed by atoms with Crippen LogP contribution in [0.25, 0.3) is 0 Å². The third-order valence-corrected chi connectivity index (χ3v) is 5.38. The number of nitrogens with zero attached hydrogens (tertiary/aromatic N) is 3. The Labute approximate surface area is 114 Å². The first kappa shape index (κ1) is 14.2. The standard InChI is InChI=1S/C12H20N4O2S/c1-13-12-11(5-4-7-14-12)19(17,18)16-8-6-10(9-16)15(2)3/h4-5,7,10H,6,8-9H2,1-3H3,(H,13,14). The molecule has 0 spiro atoms. The molecule has 1 aromatic heterocycles. The Hall–Kier alpha value is -1.18. The summed E-state index contributed by atoms with van der Waals surface area (Å²) in [5, 5.41) is 2.83. The second kappa shape index (κ2) is 5.44. The number of nitrogens with one attached hydrogen (secondary N) is 1. The first-order valence-electron chi connectivity index (χ1n) is 6.26. The van der Waals surface area contributed by atoms with Gasteiger partial charge in [0.1, 0.15) is 10.7 Å². The average Bonchev–Trinajstić information content (AvgIpc) is 2.89. The van der Waals surface area contributed by atoms with Crippen LogP contribution in [-0.2, 0) is 10.0 Å². The number of rotatable bonds is 4. The van der Waals surface area contributed by atoms with Crippen molar-refractivity contribution in [1.82, 2.24) is 14.2 Å². The van der Waals surface area contributed by atoms with Gasteiger partial charge in [0.25, 0.3) is 0 Å². The average molecular weight is 284 g/mol. The lowest BCUT2D eigenvalue weighted by Gasteiger charge is -2.21. The minimum atomic E-state index is -3.47. The zero-order valence-electron chi connectivity index (χ0n) is 11.5. The number of hydrogen-bond donors (Lipinski definition) is 1. The van der Waals surface area contributed by atoms with E-state index in [-0.39, 0.29) is 10.9 Å². The van der Waals surface area contributed by atoms with Crippen LogP contribution < -0.4 is 5.32 Å². The van der Waals surface area contributed by atoms with Gasteiger partial charge in [0.05, 0.1) is 0 Å². The Balaban J connectivity index is 2.29. The van der Waals surface area contributed by atoms with Gasteiger partial charge >= 0.3 is 0 Å². The molecule has 0 radical (unpaired) electrons. The molecule has 1 atom stereocenters. The fourth-order valence-corrected chi connectivity index (χ4v) is 3.92. The third-order valence-electron chi connectivity index (χ3n) is 3.48. The summed E-state index contributed by atoms with van der Waals surface area (Å²) in [6, 6.07) is 3.52. The van der Waals surface area contributed by atoms with Crippen molar-refractivity contribution >= 4 is 15.8 Å². The number of pyridine rings is 1. The molecule has 0 amide bonds. The van der Waals surface area contributed by atoms with E-state index in [1.165, 1.54) is 4.31 Å². The van der Waals surface area contributed by atoms with Crippen molar-refractivity contribution in [3.63, 3.8) is 0 Å². The summed E-state index contributed by atoms with van der Waals surface area (Å²) in [5.41, 5.74) is 0. The summed E-state index contributed by atoms with van der Waals surface area (Å²) < 4.78 is 26.8. The Morgan fingerprint density at radius 2 is 2.21 bits per heavy atom. The summed E-state index contributed by atoms with van der Waals surface area (Å²) in [6.07, 6.45) is 2.44. The monoisotopic (exact) mass is 284 g/mol. The van der Waals surface area contributed by atoms with E-state index in [0.717, 1.165) is 6.42 Å². The van der Waals surface area contributed by atoms with Gasteiger partial charge in [-0.05, 0) is 32.6 Å². The van der Waals surface area contributed by atoms with Crippen LogP contribution in [0, 0.1) is 0 Å². The zero-order valence-corrected chi connectivity index (χ0v) is 12.3. The van der Waals surface area contributed by atoms with Gasteiger partial charge in [0.2, 0.25) is 10.0 Å². The lowest BCUT2D eigenvalue weighted by atomic mass is 10.2. The van der Waals surface area contributed by atoms with Gasteiger partial charge < -0.3 is 10.2 Å². The molecule has 0 bridgehead atoms. The Morgan fingerprint density at radius 1 is 1.47 bits per heavy atom. The van der Waals surface area contributed by atoms with Gasteiger partial charge in [-0.15, -0.1) is 0 Å². The summed E-state index contributed by atoms with van der Waals surface area (Å²) in [6.45, 7) is 1.09. The Kier molecular flexibility index (Phi) is 4.07. The van der Waals surface area contributed by atoms with E-state index in [9.17, 15) is 8.42 Å². The van der Waals surface area contributed by atoms with Gasteiger partial charge in [0.15, 0.2) is 0 Å². The van der Waals surface area contributed by atoms with E-state index < -0.39 is 10.0 Å². The summed E-state index contributed by atoms with van der Waals surface area (Å²) in [4.78, 5) is 6.38. The third kappa shape index (κ3) is 2.72. The van der Waals surface area contributed by atoms with Crippen LogP contribution in [-0.4, -0.2) is 62.9 Å². The largest absolute Gasteiger partial charge is 0.372 e. The lowest BCUT2D eigenvalue weighted by Crippen LogP contribution is -2.34. The van der Waals surface area contributed by atoms with E-state index in [0.29, 0.717) is 18.9 Å². The predicted molar refractivity (Wildman–Crippen MR) is 74.6 cm³/mol. The molecule has 1 unspecified atom stereocenters. The topological polar surface area (TPSA) is 65.5 Å². The molecule has 7 heteroatoms. The van der Waals surface area contributed by atoms with Crippen molar-refractivity contribution in [2.24, 2.45) is 0 Å². The highest BCUT2D eigenvalue weighted by Gasteiger charge is 2.34. The normalized spacial score (nSPS) is 20.9. The highest BCUT2D eigenvalue weighted by molar-refractivity contribution is 7.89. The summed E-state index contributed by atoms with van der Waals surface area (Å²) in [5.74, 6) is 0.399. The molecule has 2 heterocycles. The molecule has 0 aliphatic carbocycles. The van der Waals surface area contributed by atoms with Crippen LogP contribution in [0.2, 0.25) is 0 Å². The van der Waals surface area contributed by atoms with Gasteiger partial charge in [-0.3, -0.25) is 0 Å². The SMILES string of the molecule is CNc1ncccc1S(=O)(=O)N1CCC(N(C)C)C1. The van der Waals surface area contributed by atoms with Gasteiger partial charge in [-0.2, -0.15) is 4.31 Å². The lowest BCUT2D eigenvalue weighted by molar-refractivity contribution is 0.302. The van der Waals surface area contributed by atoms with Crippen LogP contribution in [0.4, 0.5) is 5.82 Å². The summed E-state index contributed by atoms with van der Waals surface area (Å²) in [7, 11) is 2.16. The van der Waals surface area contributed by atoms with Gasteiger partial charge in [-0.25, -0.2) is 13.4 Å². The molecule has 2 rings (SSSR count). The van der Waals surface area contributed by atoms with E-state index in [2.05, 4.69) is 15.2 Å². The Morgan fingerprint density at radius 3 is 2.79 bits per heavy atom. The maximum Gasteiger partial charge on any atom is 0.246 e.